The summed E-state index contributed by atoms with van der Waals surface area (Å²) in [4.78, 5) is 0. The van der Waals surface area contributed by atoms with Gasteiger partial charge in [-0.2, -0.15) is 0 Å². The molecule has 3 N–H and O–H groups in total. The lowest BCUT2D eigenvalue weighted by molar-refractivity contribution is 0.482. The Morgan fingerprint density at radius 2 is 2.15 bits per heavy atom. The second kappa shape index (κ2) is 6.28. The van der Waals surface area contributed by atoms with Gasteiger partial charge in [-0.05, 0) is 19.8 Å². The molecule has 0 aliphatic carbocycles. The number of hydrogen-bond donors (Lipinski definition) is 2. The number of hydrogen-bond acceptors (Lipinski definition) is 3. The van der Waals surface area contributed by atoms with Gasteiger partial charge in [0, 0.05) is 12.6 Å². The summed E-state index contributed by atoms with van der Waals surface area (Å²) in [5, 5.41) is 0. The normalized spacial score (nSPS) is 14.4. The summed E-state index contributed by atoms with van der Waals surface area (Å²) in [6.07, 6.45) is 0.641. The van der Waals surface area contributed by atoms with Crippen LogP contribution in [0.3, 0.4) is 0 Å². The molecule has 0 amide bonds. The minimum absolute atomic E-state index is 0.0242. The van der Waals surface area contributed by atoms with Gasteiger partial charge in [0.1, 0.15) is 0 Å². The molecule has 0 aliphatic heterocycles. The molecular weight excluding hydrogens is 195 g/mol. The number of sulfonamides is 1. The van der Waals surface area contributed by atoms with E-state index in [9.17, 15) is 12.8 Å². The van der Waals surface area contributed by atoms with Crippen LogP contribution in [-0.2, 0) is 10.0 Å². The zero-order valence-electron chi connectivity index (χ0n) is 7.79. The molecule has 4 nitrogen and oxygen atoms in total. The molecule has 0 spiro atoms. The van der Waals surface area contributed by atoms with Crippen molar-refractivity contribution in [2.24, 2.45) is 5.73 Å². The molecule has 0 saturated carbocycles. The highest BCUT2D eigenvalue weighted by molar-refractivity contribution is 7.89. The van der Waals surface area contributed by atoms with Crippen molar-refractivity contribution in [1.29, 1.82) is 0 Å². The van der Waals surface area contributed by atoms with E-state index in [2.05, 4.69) is 4.72 Å². The highest BCUT2D eigenvalue weighted by Gasteiger charge is 2.08. The van der Waals surface area contributed by atoms with Crippen molar-refractivity contribution >= 4 is 10.0 Å². The van der Waals surface area contributed by atoms with Gasteiger partial charge in [-0.1, -0.05) is 0 Å². The third-order valence-corrected chi connectivity index (χ3v) is 2.94. The molecule has 0 aromatic heterocycles. The molecule has 0 unspecified atom stereocenters. The molecule has 6 heteroatoms. The van der Waals surface area contributed by atoms with Crippen LogP contribution in [0.2, 0.25) is 0 Å². The van der Waals surface area contributed by atoms with Crippen molar-refractivity contribution in [2.45, 2.75) is 25.8 Å². The van der Waals surface area contributed by atoms with E-state index in [1.54, 1.807) is 6.92 Å². The van der Waals surface area contributed by atoms with Crippen molar-refractivity contribution < 1.29 is 12.8 Å². The van der Waals surface area contributed by atoms with Gasteiger partial charge < -0.3 is 5.73 Å². The first-order valence-corrected chi connectivity index (χ1v) is 5.92. The first-order valence-electron chi connectivity index (χ1n) is 4.27. The highest BCUT2D eigenvalue weighted by atomic mass is 32.2. The largest absolute Gasteiger partial charge is 0.328 e. The predicted octanol–water partition coefficient (Wildman–Crippen LogP) is 0.00270. The van der Waals surface area contributed by atoms with Gasteiger partial charge in [0.25, 0.3) is 0 Å². The quantitative estimate of drug-likeness (QED) is 0.624. The van der Waals surface area contributed by atoms with Gasteiger partial charge in [0.05, 0.1) is 12.4 Å². The lowest BCUT2D eigenvalue weighted by Gasteiger charge is -2.07. The molecule has 0 radical (unpaired) electrons. The molecule has 80 valence electrons. The van der Waals surface area contributed by atoms with E-state index in [4.69, 9.17) is 5.73 Å². The topological polar surface area (TPSA) is 72.2 Å². The van der Waals surface area contributed by atoms with E-state index in [0.717, 1.165) is 0 Å². The number of halogens is 1. The Balaban J connectivity index is 3.64. The van der Waals surface area contributed by atoms with Gasteiger partial charge in [-0.3, -0.25) is 4.39 Å². The Kier molecular flexibility index (Phi) is 6.19. The average molecular weight is 212 g/mol. The molecule has 0 bridgehead atoms. The van der Waals surface area contributed by atoms with Crippen molar-refractivity contribution in [1.82, 2.24) is 4.72 Å². The summed E-state index contributed by atoms with van der Waals surface area (Å²) in [5.41, 5.74) is 5.43. The van der Waals surface area contributed by atoms with Crippen LogP contribution in [0.15, 0.2) is 0 Å². The fourth-order valence-electron chi connectivity index (χ4n) is 0.759. The van der Waals surface area contributed by atoms with E-state index >= 15 is 0 Å². The summed E-state index contributed by atoms with van der Waals surface area (Å²) >= 11 is 0. The SMILES string of the molecule is C[C@@H](N)CCNS(=O)(=O)CCCF. The van der Waals surface area contributed by atoms with Gasteiger partial charge in [-0.25, -0.2) is 13.1 Å². The van der Waals surface area contributed by atoms with Crippen molar-refractivity contribution in [3.8, 4) is 0 Å². The lowest BCUT2D eigenvalue weighted by atomic mass is 10.3. The molecule has 1 atom stereocenters. The summed E-state index contributed by atoms with van der Waals surface area (Å²) in [6, 6.07) is -0.0242. The molecule has 0 aromatic carbocycles. The van der Waals surface area contributed by atoms with Crippen LogP contribution in [0.1, 0.15) is 19.8 Å². The van der Waals surface area contributed by atoms with Gasteiger partial charge >= 0.3 is 0 Å². The summed E-state index contributed by atoms with van der Waals surface area (Å²) in [5.74, 6) is -0.150. The molecule has 0 aromatic rings. The standard InChI is InChI=1S/C7H17FN2O2S/c1-7(9)3-5-10-13(11,12)6-2-4-8/h7,10H,2-6,9H2,1H3/t7-/m1/s1. The summed E-state index contributed by atoms with van der Waals surface area (Å²) in [6.45, 7) is 1.52. The monoisotopic (exact) mass is 212 g/mol. The molecule has 0 aliphatic rings. The third kappa shape index (κ3) is 8.14. The van der Waals surface area contributed by atoms with Crippen molar-refractivity contribution in [2.75, 3.05) is 19.0 Å². The smallest absolute Gasteiger partial charge is 0.211 e. The highest BCUT2D eigenvalue weighted by Crippen LogP contribution is 1.91. The fraction of sp³-hybridized carbons (Fsp3) is 1.00. The molecule has 0 fully saturated rings. The minimum Gasteiger partial charge on any atom is -0.328 e. The molecule has 0 heterocycles. The number of alkyl halides is 1. The maximum Gasteiger partial charge on any atom is 0.211 e. The molecule has 0 saturated heterocycles. The zero-order chi connectivity index (χ0) is 10.3. The van der Waals surface area contributed by atoms with E-state index in [-0.39, 0.29) is 18.2 Å². The first kappa shape index (κ1) is 12.8. The Morgan fingerprint density at radius 1 is 1.54 bits per heavy atom. The fourth-order valence-corrected chi connectivity index (χ4v) is 1.82. The van der Waals surface area contributed by atoms with Crippen LogP contribution in [0.5, 0.6) is 0 Å². The number of rotatable bonds is 7. The van der Waals surface area contributed by atoms with Gasteiger partial charge in [0.2, 0.25) is 10.0 Å². The Morgan fingerprint density at radius 3 is 2.62 bits per heavy atom. The maximum atomic E-state index is 11.7. The van der Waals surface area contributed by atoms with Crippen LogP contribution in [0.25, 0.3) is 0 Å². The van der Waals surface area contributed by atoms with E-state index < -0.39 is 16.7 Å². The molecule has 0 rings (SSSR count). The number of nitrogens with two attached hydrogens (primary N) is 1. The molecular formula is C7H17FN2O2S. The van der Waals surface area contributed by atoms with Gasteiger partial charge in [-0.15, -0.1) is 0 Å². The van der Waals surface area contributed by atoms with Crippen LogP contribution in [0.4, 0.5) is 4.39 Å². The average Bonchev–Trinajstić information content (AvgIpc) is 2.00. The minimum atomic E-state index is -3.28. The van der Waals surface area contributed by atoms with Crippen molar-refractivity contribution in [3.63, 3.8) is 0 Å². The van der Waals surface area contributed by atoms with E-state index in [1.165, 1.54) is 0 Å². The first-order chi connectivity index (χ1) is 5.98. The van der Waals surface area contributed by atoms with Gasteiger partial charge in [0.15, 0.2) is 0 Å². The van der Waals surface area contributed by atoms with Crippen LogP contribution in [0, 0.1) is 0 Å². The third-order valence-electron chi connectivity index (χ3n) is 1.47. The van der Waals surface area contributed by atoms with Crippen LogP contribution < -0.4 is 10.5 Å². The Hall–Kier alpha value is -0.200. The summed E-state index contributed by atoms with van der Waals surface area (Å²) < 4.78 is 36.1. The maximum absolute atomic E-state index is 11.7. The molecule has 13 heavy (non-hydrogen) atoms. The van der Waals surface area contributed by atoms with E-state index in [1.807, 2.05) is 0 Å². The van der Waals surface area contributed by atoms with Crippen LogP contribution in [-0.4, -0.2) is 33.4 Å². The summed E-state index contributed by atoms with van der Waals surface area (Å²) in [7, 11) is -3.28. The Bertz CT molecular complexity index is 217. The number of nitrogens with one attached hydrogen (secondary N) is 1. The second-order valence-corrected chi connectivity index (χ2v) is 4.95. The zero-order valence-corrected chi connectivity index (χ0v) is 8.61. The predicted molar refractivity (Wildman–Crippen MR) is 50.6 cm³/mol. The van der Waals surface area contributed by atoms with Crippen molar-refractivity contribution in [3.05, 3.63) is 0 Å². The Labute approximate surface area is 78.7 Å². The van der Waals surface area contributed by atoms with Crippen LogP contribution >= 0.6 is 0 Å². The second-order valence-electron chi connectivity index (χ2n) is 3.02. The lowest BCUT2D eigenvalue weighted by Crippen LogP contribution is -2.30. The van der Waals surface area contributed by atoms with E-state index in [0.29, 0.717) is 13.0 Å².